The van der Waals surface area contributed by atoms with Gasteiger partial charge in [0.15, 0.2) is 0 Å². The molecule has 0 spiro atoms. The lowest BCUT2D eigenvalue weighted by Crippen LogP contribution is -2.03. The summed E-state index contributed by atoms with van der Waals surface area (Å²) in [5.41, 5.74) is 2.65. The van der Waals surface area contributed by atoms with E-state index in [2.05, 4.69) is 18.9 Å². The molecule has 5 heteroatoms. The van der Waals surface area contributed by atoms with Crippen molar-refractivity contribution in [2.24, 2.45) is 7.05 Å². The van der Waals surface area contributed by atoms with Crippen molar-refractivity contribution < 1.29 is 14.6 Å². The Bertz CT molecular complexity index is 687. The van der Waals surface area contributed by atoms with Crippen LogP contribution < -0.4 is 4.74 Å². The van der Waals surface area contributed by atoms with Gasteiger partial charge in [-0.25, -0.2) is 9.48 Å². The number of rotatable bonds is 4. The maximum atomic E-state index is 11.4. The Hall–Kier alpha value is -2.30. The molecule has 0 aliphatic carbocycles. The van der Waals surface area contributed by atoms with Gasteiger partial charge in [0, 0.05) is 7.05 Å². The minimum Gasteiger partial charge on any atom is -0.477 e. The number of nitrogens with zero attached hydrogens (tertiary/aromatic N) is 2. The van der Waals surface area contributed by atoms with Gasteiger partial charge >= 0.3 is 5.97 Å². The number of hydrogen-bond donors (Lipinski definition) is 1. The molecule has 2 rings (SSSR count). The van der Waals surface area contributed by atoms with Crippen molar-refractivity contribution >= 4 is 5.97 Å². The fourth-order valence-corrected chi connectivity index (χ4v) is 2.31. The van der Waals surface area contributed by atoms with Crippen molar-refractivity contribution in [1.82, 2.24) is 9.78 Å². The van der Waals surface area contributed by atoms with E-state index in [9.17, 15) is 9.90 Å². The van der Waals surface area contributed by atoms with Crippen LogP contribution in [0.3, 0.4) is 0 Å². The first-order valence-electron chi connectivity index (χ1n) is 6.86. The van der Waals surface area contributed by atoms with Gasteiger partial charge in [-0.05, 0) is 37.0 Å². The maximum absolute atomic E-state index is 11.4. The van der Waals surface area contributed by atoms with Gasteiger partial charge < -0.3 is 9.84 Å². The predicted molar refractivity (Wildman–Crippen MR) is 80.2 cm³/mol. The molecule has 112 valence electrons. The van der Waals surface area contributed by atoms with Crippen LogP contribution >= 0.6 is 0 Å². The predicted octanol–water partition coefficient (Wildman–Crippen LogP) is 3.65. The van der Waals surface area contributed by atoms with Crippen molar-refractivity contribution in [2.75, 3.05) is 0 Å². The molecule has 0 atom stereocenters. The molecule has 0 bridgehead atoms. The molecule has 21 heavy (non-hydrogen) atoms. The molecular formula is C16H20N2O3. The van der Waals surface area contributed by atoms with Crippen LogP contribution in [0.1, 0.15) is 46.9 Å². The number of aromatic carboxylic acids is 1. The first kappa shape index (κ1) is 15.1. The van der Waals surface area contributed by atoms with Gasteiger partial charge in [-0.1, -0.05) is 26.0 Å². The van der Waals surface area contributed by atoms with Crippen LogP contribution in [-0.2, 0) is 7.05 Å². The van der Waals surface area contributed by atoms with E-state index in [1.54, 1.807) is 14.0 Å². The summed E-state index contributed by atoms with van der Waals surface area (Å²) >= 11 is 0. The molecule has 0 saturated carbocycles. The molecule has 0 saturated heterocycles. The Kier molecular flexibility index (Phi) is 4.02. The van der Waals surface area contributed by atoms with E-state index < -0.39 is 5.97 Å². The SMILES string of the molecule is Cc1ccc(C(C)C)c(Oc2c(C(=O)O)c(C)nn2C)c1. The topological polar surface area (TPSA) is 64.3 Å². The first-order valence-corrected chi connectivity index (χ1v) is 6.86. The molecule has 0 aliphatic heterocycles. The summed E-state index contributed by atoms with van der Waals surface area (Å²) in [6, 6.07) is 5.96. The fourth-order valence-electron chi connectivity index (χ4n) is 2.31. The van der Waals surface area contributed by atoms with Crippen molar-refractivity contribution in [3.05, 3.63) is 40.6 Å². The normalized spacial score (nSPS) is 11.0. The Labute approximate surface area is 124 Å². The second-order valence-electron chi connectivity index (χ2n) is 5.49. The third kappa shape index (κ3) is 2.91. The van der Waals surface area contributed by atoms with Crippen molar-refractivity contribution in [3.8, 4) is 11.6 Å². The van der Waals surface area contributed by atoms with Crippen LogP contribution in [0.4, 0.5) is 0 Å². The van der Waals surface area contributed by atoms with E-state index in [0.717, 1.165) is 11.1 Å². The Morgan fingerprint density at radius 2 is 2.00 bits per heavy atom. The van der Waals surface area contributed by atoms with E-state index in [1.807, 2.05) is 25.1 Å². The van der Waals surface area contributed by atoms with Crippen LogP contribution in [0.25, 0.3) is 0 Å². The molecule has 0 radical (unpaired) electrons. The van der Waals surface area contributed by atoms with E-state index in [-0.39, 0.29) is 17.4 Å². The highest BCUT2D eigenvalue weighted by molar-refractivity contribution is 5.91. The average Bonchev–Trinajstić information content (AvgIpc) is 2.63. The molecule has 1 aromatic heterocycles. The van der Waals surface area contributed by atoms with Gasteiger partial charge in [0.1, 0.15) is 11.3 Å². The lowest BCUT2D eigenvalue weighted by Gasteiger charge is -2.15. The number of aryl methyl sites for hydroxylation is 3. The average molecular weight is 288 g/mol. The lowest BCUT2D eigenvalue weighted by molar-refractivity contribution is 0.0693. The van der Waals surface area contributed by atoms with Crippen molar-refractivity contribution in [1.29, 1.82) is 0 Å². The van der Waals surface area contributed by atoms with E-state index in [1.165, 1.54) is 4.68 Å². The van der Waals surface area contributed by atoms with Crippen LogP contribution in [0.15, 0.2) is 18.2 Å². The number of ether oxygens (including phenoxy) is 1. The molecule has 0 fully saturated rings. The quantitative estimate of drug-likeness (QED) is 0.932. The summed E-state index contributed by atoms with van der Waals surface area (Å²) in [4.78, 5) is 11.4. The monoisotopic (exact) mass is 288 g/mol. The number of carbonyl (C=O) groups is 1. The Morgan fingerprint density at radius 1 is 1.33 bits per heavy atom. The minimum atomic E-state index is -1.03. The molecule has 5 nitrogen and oxygen atoms in total. The molecule has 0 aliphatic rings. The smallest absolute Gasteiger partial charge is 0.343 e. The summed E-state index contributed by atoms with van der Waals surface area (Å²) in [5, 5.41) is 13.5. The summed E-state index contributed by atoms with van der Waals surface area (Å²) < 4.78 is 7.38. The second kappa shape index (κ2) is 5.60. The zero-order valence-corrected chi connectivity index (χ0v) is 13.0. The highest BCUT2D eigenvalue weighted by Crippen LogP contribution is 2.33. The maximum Gasteiger partial charge on any atom is 0.343 e. The lowest BCUT2D eigenvalue weighted by atomic mass is 10.0. The second-order valence-corrected chi connectivity index (χ2v) is 5.49. The van der Waals surface area contributed by atoms with Gasteiger partial charge in [-0.2, -0.15) is 5.10 Å². The molecular weight excluding hydrogens is 268 g/mol. The Balaban J connectivity index is 2.53. The number of carboxylic acids is 1. The van der Waals surface area contributed by atoms with Gasteiger partial charge in [0.25, 0.3) is 0 Å². The summed E-state index contributed by atoms with van der Waals surface area (Å²) in [5.74, 6) is 0.181. The van der Waals surface area contributed by atoms with Crippen LogP contribution in [-0.4, -0.2) is 20.9 Å². The molecule has 1 heterocycles. The Morgan fingerprint density at radius 3 is 2.57 bits per heavy atom. The third-order valence-corrected chi connectivity index (χ3v) is 3.38. The molecule has 0 amide bonds. The number of hydrogen-bond acceptors (Lipinski definition) is 3. The van der Waals surface area contributed by atoms with E-state index in [4.69, 9.17) is 4.74 Å². The molecule has 1 aromatic carbocycles. The zero-order chi connectivity index (χ0) is 15.7. The summed E-state index contributed by atoms with van der Waals surface area (Å²) in [6.07, 6.45) is 0. The highest BCUT2D eigenvalue weighted by atomic mass is 16.5. The van der Waals surface area contributed by atoms with Crippen molar-refractivity contribution in [2.45, 2.75) is 33.6 Å². The summed E-state index contributed by atoms with van der Waals surface area (Å²) in [6.45, 7) is 7.79. The largest absolute Gasteiger partial charge is 0.477 e. The number of aromatic nitrogens is 2. The molecule has 2 aromatic rings. The number of benzene rings is 1. The standard InChI is InChI=1S/C16H20N2O3/c1-9(2)12-7-6-10(3)8-13(12)21-15-14(16(19)20)11(4)17-18(15)5/h6-9H,1-5H3,(H,19,20). The minimum absolute atomic E-state index is 0.105. The molecule has 1 N–H and O–H groups in total. The van der Waals surface area contributed by atoms with Crippen LogP contribution in [0, 0.1) is 13.8 Å². The first-order chi connectivity index (χ1) is 9.81. The van der Waals surface area contributed by atoms with Gasteiger partial charge in [0.05, 0.1) is 5.69 Å². The zero-order valence-electron chi connectivity index (χ0n) is 13.0. The van der Waals surface area contributed by atoms with Gasteiger partial charge in [-0.15, -0.1) is 0 Å². The van der Waals surface area contributed by atoms with Gasteiger partial charge in [-0.3, -0.25) is 0 Å². The third-order valence-electron chi connectivity index (χ3n) is 3.38. The van der Waals surface area contributed by atoms with Crippen LogP contribution in [0.2, 0.25) is 0 Å². The van der Waals surface area contributed by atoms with Gasteiger partial charge in [0.2, 0.25) is 5.88 Å². The summed E-state index contributed by atoms with van der Waals surface area (Å²) in [7, 11) is 1.68. The van der Waals surface area contributed by atoms with Crippen LogP contribution in [0.5, 0.6) is 11.6 Å². The fraction of sp³-hybridized carbons (Fsp3) is 0.375. The van der Waals surface area contributed by atoms with E-state index >= 15 is 0 Å². The van der Waals surface area contributed by atoms with E-state index in [0.29, 0.717) is 11.4 Å². The van der Waals surface area contributed by atoms with Crippen molar-refractivity contribution in [3.63, 3.8) is 0 Å². The number of carboxylic acid groups (broad SMARTS) is 1. The highest BCUT2D eigenvalue weighted by Gasteiger charge is 2.22. The molecule has 0 unspecified atom stereocenters.